The largest absolute Gasteiger partial charge is 0.456 e. The molecule has 0 saturated heterocycles. The fraction of sp³-hybridized carbons (Fsp3) is 0. The molecule has 0 amide bonds. The van der Waals surface area contributed by atoms with Gasteiger partial charge in [-0.25, -0.2) is 0 Å². The topological polar surface area (TPSA) is 65.3 Å². The third-order valence-electron chi connectivity index (χ3n) is 8.39. The smallest absolute Gasteiger partial charge is 0.200 e. The predicted molar refractivity (Wildman–Crippen MR) is 173 cm³/mol. The van der Waals surface area contributed by atoms with E-state index >= 15 is 0 Å². The molecule has 3 aromatic heterocycles. The van der Waals surface area contributed by atoms with Crippen molar-refractivity contribution in [3.8, 4) is 16.8 Å². The number of fused-ring (bicyclic) bond motifs is 7. The van der Waals surface area contributed by atoms with Crippen molar-refractivity contribution in [2.45, 2.75) is 0 Å². The van der Waals surface area contributed by atoms with Gasteiger partial charge in [0.25, 0.3) is 0 Å². The number of rotatable bonds is 2. The van der Waals surface area contributed by atoms with Gasteiger partial charge in [0.05, 0.1) is 38.3 Å². The first kappa shape index (κ1) is 23.7. The van der Waals surface area contributed by atoms with Crippen LogP contribution in [0.4, 0.5) is 0 Å². The quantitative estimate of drug-likeness (QED) is 0.200. The molecule has 0 aliphatic rings. The molecule has 0 spiro atoms. The number of aromatic nitrogens is 1. The molecule has 0 N–H and O–H groups in total. The van der Waals surface area contributed by atoms with E-state index in [1.165, 1.54) is 0 Å². The molecule has 43 heavy (non-hydrogen) atoms. The van der Waals surface area contributed by atoms with Crippen LogP contribution in [-0.2, 0) is 0 Å². The van der Waals surface area contributed by atoms with Crippen molar-refractivity contribution in [1.29, 1.82) is 0 Å². The molecule has 9 aromatic rings. The summed E-state index contributed by atoms with van der Waals surface area (Å²) in [6.07, 6.45) is 0. The molecule has 0 bridgehead atoms. The molecule has 0 fully saturated rings. The molecular formula is C38H21NO4. The van der Waals surface area contributed by atoms with Gasteiger partial charge in [0, 0.05) is 10.8 Å². The Bertz CT molecular complexity index is 2660. The zero-order chi connectivity index (χ0) is 28.7. The lowest BCUT2D eigenvalue weighted by Crippen LogP contribution is -2.07. The number of nitrogens with zero attached hydrogens (tertiary/aromatic N) is 1. The van der Waals surface area contributed by atoms with Crippen LogP contribution >= 0.6 is 0 Å². The van der Waals surface area contributed by atoms with Crippen LogP contribution in [0.25, 0.3) is 82.5 Å². The lowest BCUT2D eigenvalue weighted by Gasteiger charge is -2.11. The summed E-state index contributed by atoms with van der Waals surface area (Å²) < 4.78 is 14.9. The molecule has 6 aromatic carbocycles. The summed E-state index contributed by atoms with van der Waals surface area (Å²) in [5.41, 5.74) is 5.98. The van der Waals surface area contributed by atoms with Crippen LogP contribution in [0.1, 0.15) is 0 Å². The van der Waals surface area contributed by atoms with Gasteiger partial charge in [0.2, 0.25) is 10.9 Å². The van der Waals surface area contributed by atoms with Gasteiger partial charge in [-0.15, -0.1) is 0 Å². The summed E-state index contributed by atoms with van der Waals surface area (Å²) in [4.78, 5) is 27.8. The zero-order valence-corrected chi connectivity index (χ0v) is 22.7. The fourth-order valence-electron chi connectivity index (χ4n) is 6.38. The molecule has 0 unspecified atom stereocenters. The predicted octanol–water partition coefficient (Wildman–Crippen LogP) is 8.97. The van der Waals surface area contributed by atoms with E-state index in [4.69, 9.17) is 8.83 Å². The zero-order valence-electron chi connectivity index (χ0n) is 22.7. The van der Waals surface area contributed by atoms with Gasteiger partial charge in [-0.1, -0.05) is 78.9 Å². The summed E-state index contributed by atoms with van der Waals surface area (Å²) in [7, 11) is 0. The molecule has 0 saturated carbocycles. The van der Waals surface area contributed by atoms with Crippen molar-refractivity contribution in [2.24, 2.45) is 0 Å². The van der Waals surface area contributed by atoms with Crippen LogP contribution < -0.4 is 10.9 Å². The van der Waals surface area contributed by atoms with Gasteiger partial charge in [-0.3, -0.25) is 9.59 Å². The van der Waals surface area contributed by atoms with Gasteiger partial charge >= 0.3 is 0 Å². The Hall–Kier alpha value is -5.94. The molecule has 5 nitrogen and oxygen atoms in total. The Morgan fingerprint density at radius 1 is 0.419 bits per heavy atom. The molecule has 0 radical (unpaired) electrons. The van der Waals surface area contributed by atoms with E-state index in [-0.39, 0.29) is 10.9 Å². The van der Waals surface area contributed by atoms with E-state index in [0.717, 1.165) is 38.6 Å². The first-order chi connectivity index (χ1) is 21.2. The molecule has 0 aliphatic heterocycles. The van der Waals surface area contributed by atoms with Crippen molar-refractivity contribution in [3.63, 3.8) is 0 Å². The normalized spacial score (nSPS) is 11.9. The van der Waals surface area contributed by atoms with E-state index in [0.29, 0.717) is 43.9 Å². The van der Waals surface area contributed by atoms with Crippen molar-refractivity contribution >= 4 is 65.7 Å². The van der Waals surface area contributed by atoms with Crippen molar-refractivity contribution in [2.75, 3.05) is 0 Å². The van der Waals surface area contributed by atoms with Gasteiger partial charge in [-0.2, -0.15) is 0 Å². The highest BCUT2D eigenvalue weighted by Crippen LogP contribution is 2.35. The number of hydrogen-bond acceptors (Lipinski definition) is 4. The monoisotopic (exact) mass is 555 g/mol. The first-order valence-corrected chi connectivity index (χ1v) is 14.1. The number of hydrogen-bond donors (Lipinski definition) is 0. The van der Waals surface area contributed by atoms with E-state index in [2.05, 4.69) is 28.8 Å². The fourth-order valence-corrected chi connectivity index (χ4v) is 6.38. The van der Waals surface area contributed by atoms with E-state index in [1.54, 1.807) is 18.2 Å². The highest BCUT2D eigenvalue weighted by Gasteiger charge is 2.19. The summed E-state index contributed by atoms with van der Waals surface area (Å²) in [5, 5.41) is 3.89. The van der Waals surface area contributed by atoms with E-state index in [9.17, 15) is 9.59 Å². The SMILES string of the molecule is O=c1c2cc(-c3ccccc3)ccc2oc2cc3c(=O)c4cccc(-n5c6ccccc6c6ccccc65)c4oc3cc12. The maximum absolute atomic E-state index is 13.9. The van der Waals surface area contributed by atoms with Crippen LogP contribution in [0.2, 0.25) is 0 Å². The second kappa shape index (κ2) is 8.78. The van der Waals surface area contributed by atoms with E-state index in [1.807, 2.05) is 84.9 Å². The van der Waals surface area contributed by atoms with Crippen LogP contribution in [0.15, 0.2) is 146 Å². The average molecular weight is 556 g/mol. The second-order valence-electron chi connectivity index (χ2n) is 10.8. The van der Waals surface area contributed by atoms with Gasteiger partial charge in [0.15, 0.2) is 5.58 Å². The van der Waals surface area contributed by atoms with Gasteiger partial charge in [-0.05, 0) is 59.7 Å². The van der Waals surface area contributed by atoms with Crippen LogP contribution in [0, 0.1) is 0 Å². The summed E-state index contributed by atoms with van der Waals surface area (Å²) in [6.45, 7) is 0. The minimum Gasteiger partial charge on any atom is -0.456 e. The van der Waals surface area contributed by atoms with Crippen molar-refractivity contribution < 1.29 is 8.83 Å². The summed E-state index contributed by atoms with van der Waals surface area (Å²) >= 11 is 0. The lowest BCUT2D eigenvalue weighted by molar-refractivity contribution is 0.651. The van der Waals surface area contributed by atoms with Crippen LogP contribution in [-0.4, -0.2) is 4.57 Å². The highest BCUT2D eigenvalue weighted by molar-refractivity contribution is 6.10. The molecule has 5 heteroatoms. The van der Waals surface area contributed by atoms with Crippen LogP contribution in [0.3, 0.4) is 0 Å². The molecule has 0 atom stereocenters. The molecule has 9 rings (SSSR count). The van der Waals surface area contributed by atoms with Crippen molar-refractivity contribution in [1.82, 2.24) is 4.57 Å². The molecule has 3 heterocycles. The molecule has 202 valence electrons. The third kappa shape index (κ3) is 3.39. The average Bonchev–Trinajstić information content (AvgIpc) is 3.39. The maximum atomic E-state index is 13.9. The third-order valence-corrected chi connectivity index (χ3v) is 8.39. The van der Waals surface area contributed by atoms with Crippen molar-refractivity contribution in [3.05, 3.63) is 148 Å². The number of benzene rings is 6. The van der Waals surface area contributed by atoms with Gasteiger partial charge < -0.3 is 13.4 Å². The minimum atomic E-state index is -0.178. The maximum Gasteiger partial charge on any atom is 0.200 e. The summed E-state index contributed by atoms with van der Waals surface area (Å²) in [5.74, 6) is 0. The van der Waals surface area contributed by atoms with Crippen LogP contribution in [0.5, 0.6) is 0 Å². The lowest BCUT2D eigenvalue weighted by atomic mass is 10.0. The Balaban J connectivity index is 1.34. The van der Waals surface area contributed by atoms with E-state index < -0.39 is 0 Å². The standard InChI is InChI=1S/C38H21NO4/c40-36-26-13-8-16-32(39-30-14-6-4-11-24(30)25-12-5-7-15-31(25)39)38(26)43-35-21-28-34(20-29(35)36)42-33-18-17-23(19-27(33)37(28)41)22-9-2-1-3-10-22/h1-21H. The Labute approximate surface area is 243 Å². The second-order valence-corrected chi connectivity index (χ2v) is 10.8. The summed E-state index contributed by atoms with van der Waals surface area (Å²) in [6, 6.07) is 40.8. The van der Waals surface area contributed by atoms with Gasteiger partial charge in [0.1, 0.15) is 16.7 Å². The Morgan fingerprint density at radius 2 is 1.00 bits per heavy atom. The molecular weight excluding hydrogens is 534 g/mol. The minimum absolute atomic E-state index is 0.172. The Morgan fingerprint density at radius 3 is 1.72 bits per heavy atom. The molecule has 0 aliphatic carbocycles. The first-order valence-electron chi connectivity index (χ1n) is 14.1. The highest BCUT2D eigenvalue weighted by atomic mass is 16.3. The number of para-hydroxylation sites is 3. The Kier molecular flexibility index (Phi) is 4.85.